The van der Waals surface area contributed by atoms with E-state index in [9.17, 15) is 24.4 Å². The van der Waals surface area contributed by atoms with Crippen LogP contribution in [0.2, 0.25) is 5.02 Å². The lowest BCUT2D eigenvalue weighted by molar-refractivity contribution is -0.384. The third kappa shape index (κ3) is 5.39. The number of pyridine rings is 1. The van der Waals surface area contributed by atoms with Crippen LogP contribution in [-0.2, 0) is 13.6 Å². The summed E-state index contributed by atoms with van der Waals surface area (Å²) in [6.07, 6.45) is 1.37. The van der Waals surface area contributed by atoms with Gasteiger partial charge in [0.25, 0.3) is 11.2 Å². The normalized spacial score (nSPS) is 10.8. The number of hydrogen-bond acceptors (Lipinski definition) is 6. The Hall–Kier alpha value is -3.43. The number of halogens is 2. The molecule has 0 fully saturated rings. The van der Waals surface area contributed by atoms with Gasteiger partial charge in [0, 0.05) is 66.2 Å². The highest BCUT2D eigenvalue weighted by Crippen LogP contribution is 2.33. The van der Waals surface area contributed by atoms with Crippen molar-refractivity contribution in [1.29, 1.82) is 0 Å². The number of hydrogen-bond donors (Lipinski definition) is 2. The summed E-state index contributed by atoms with van der Waals surface area (Å²) in [5, 5.41) is 24.5. The summed E-state index contributed by atoms with van der Waals surface area (Å²) in [6, 6.07) is 9.08. The molecule has 3 aromatic rings. The number of benzene rings is 2. The van der Waals surface area contributed by atoms with Crippen molar-refractivity contribution in [1.82, 2.24) is 9.88 Å². The molecule has 3 rings (SSSR count). The summed E-state index contributed by atoms with van der Waals surface area (Å²) in [6.45, 7) is 0.800. The first kappa shape index (κ1) is 22.3. The van der Waals surface area contributed by atoms with Gasteiger partial charge in [-0.05, 0) is 24.3 Å². The number of phenolic OH excluding ortho intramolecular Hbond substituents is 1. The molecule has 1 aromatic heterocycles. The number of ether oxygens (including phenoxy) is 1. The van der Waals surface area contributed by atoms with Gasteiger partial charge < -0.3 is 19.7 Å². The fourth-order valence-electron chi connectivity index (χ4n) is 2.92. The molecule has 0 bridgehead atoms. The van der Waals surface area contributed by atoms with E-state index in [1.54, 1.807) is 12.1 Å². The van der Waals surface area contributed by atoms with Crippen LogP contribution in [-0.4, -0.2) is 27.7 Å². The van der Waals surface area contributed by atoms with E-state index in [-0.39, 0.29) is 40.5 Å². The standard InChI is InChI=1S/C21H19ClFN3O5/c1-25-12-17(16-9-15(26(29)30)3-4-18(16)23)20(10-21(25)28)31-7-6-24-11-13-8-14(22)2-5-19(13)27/h2-5,8-10,12,24,27H,6-7,11H2,1H3. The number of rotatable bonds is 8. The average molecular weight is 448 g/mol. The van der Waals surface area contributed by atoms with Gasteiger partial charge in [-0.15, -0.1) is 0 Å². The first-order valence-corrected chi connectivity index (χ1v) is 9.60. The largest absolute Gasteiger partial charge is 0.508 e. The molecule has 8 nitrogen and oxygen atoms in total. The summed E-state index contributed by atoms with van der Waals surface area (Å²) in [4.78, 5) is 22.5. The van der Waals surface area contributed by atoms with Gasteiger partial charge >= 0.3 is 0 Å². The summed E-state index contributed by atoms with van der Waals surface area (Å²) in [5.74, 6) is -0.466. The highest BCUT2D eigenvalue weighted by Gasteiger charge is 2.17. The Balaban J connectivity index is 1.75. The molecule has 0 saturated heterocycles. The van der Waals surface area contributed by atoms with Gasteiger partial charge in [0.05, 0.1) is 4.92 Å². The van der Waals surface area contributed by atoms with Crippen LogP contribution >= 0.6 is 11.6 Å². The zero-order valence-corrected chi connectivity index (χ0v) is 17.2. The molecule has 0 atom stereocenters. The van der Waals surface area contributed by atoms with Crippen LogP contribution in [0, 0.1) is 15.9 Å². The molecule has 1 heterocycles. The van der Waals surface area contributed by atoms with Crippen molar-refractivity contribution in [2.24, 2.45) is 7.05 Å². The smallest absolute Gasteiger partial charge is 0.270 e. The van der Waals surface area contributed by atoms with Gasteiger partial charge in [0.15, 0.2) is 0 Å². The Morgan fingerprint density at radius 2 is 2.00 bits per heavy atom. The van der Waals surface area contributed by atoms with Gasteiger partial charge in [-0.3, -0.25) is 14.9 Å². The van der Waals surface area contributed by atoms with Crippen molar-refractivity contribution >= 4 is 17.3 Å². The Kier molecular flexibility index (Phi) is 6.88. The molecule has 0 unspecified atom stereocenters. The molecule has 0 aliphatic heterocycles. The van der Waals surface area contributed by atoms with Crippen molar-refractivity contribution in [3.63, 3.8) is 0 Å². The van der Waals surface area contributed by atoms with E-state index < -0.39 is 10.7 Å². The van der Waals surface area contributed by atoms with Crippen LogP contribution in [0.3, 0.4) is 0 Å². The highest BCUT2D eigenvalue weighted by atomic mass is 35.5. The minimum atomic E-state index is -0.677. The van der Waals surface area contributed by atoms with Crippen molar-refractivity contribution in [2.45, 2.75) is 6.54 Å². The first-order chi connectivity index (χ1) is 14.8. The first-order valence-electron chi connectivity index (χ1n) is 9.22. The third-order valence-electron chi connectivity index (χ3n) is 4.53. The number of nitrogens with one attached hydrogen (secondary N) is 1. The van der Waals surface area contributed by atoms with E-state index in [4.69, 9.17) is 16.3 Å². The lowest BCUT2D eigenvalue weighted by atomic mass is 10.1. The fraction of sp³-hybridized carbons (Fsp3) is 0.190. The summed E-state index contributed by atoms with van der Waals surface area (Å²) < 4.78 is 21.3. The zero-order valence-electron chi connectivity index (χ0n) is 16.5. The fourth-order valence-corrected chi connectivity index (χ4v) is 3.11. The number of nitrogens with zero attached hydrogens (tertiary/aromatic N) is 2. The van der Waals surface area contributed by atoms with Crippen molar-refractivity contribution in [3.05, 3.63) is 85.5 Å². The topological polar surface area (TPSA) is 107 Å². The average Bonchev–Trinajstić information content (AvgIpc) is 2.72. The van der Waals surface area contributed by atoms with Crippen LogP contribution in [0.4, 0.5) is 10.1 Å². The summed E-state index contributed by atoms with van der Waals surface area (Å²) in [5.41, 5.74) is 0.133. The Labute approximate surface area is 181 Å². The van der Waals surface area contributed by atoms with Gasteiger partial charge in [0.1, 0.15) is 23.9 Å². The van der Waals surface area contributed by atoms with Crippen molar-refractivity contribution < 1.29 is 19.2 Å². The molecule has 0 aliphatic rings. The second kappa shape index (κ2) is 9.59. The number of nitro benzene ring substituents is 1. The van der Waals surface area contributed by atoms with Crippen molar-refractivity contribution in [2.75, 3.05) is 13.2 Å². The van der Waals surface area contributed by atoms with Crippen LogP contribution in [0.25, 0.3) is 11.1 Å². The molecule has 10 heteroatoms. The predicted octanol–water partition coefficient (Wildman–Crippen LogP) is 3.63. The monoisotopic (exact) mass is 447 g/mol. The minimum Gasteiger partial charge on any atom is -0.508 e. The molecule has 31 heavy (non-hydrogen) atoms. The highest BCUT2D eigenvalue weighted by molar-refractivity contribution is 6.30. The number of aromatic hydroxyl groups is 1. The van der Waals surface area contributed by atoms with Crippen LogP contribution in [0.5, 0.6) is 11.5 Å². The molecule has 0 saturated carbocycles. The number of aromatic nitrogens is 1. The van der Waals surface area contributed by atoms with Gasteiger partial charge in [0.2, 0.25) is 0 Å². The lowest BCUT2D eigenvalue weighted by Crippen LogP contribution is -2.22. The maximum atomic E-state index is 14.4. The molecule has 2 aromatic carbocycles. The van der Waals surface area contributed by atoms with E-state index in [0.717, 1.165) is 18.2 Å². The Bertz CT molecular complexity index is 1180. The maximum Gasteiger partial charge on any atom is 0.270 e. The SMILES string of the molecule is Cn1cc(-c2cc([N+](=O)[O-])ccc2F)c(OCCNCc2cc(Cl)ccc2O)cc1=O. The van der Waals surface area contributed by atoms with Crippen LogP contribution in [0.1, 0.15) is 5.56 Å². The van der Waals surface area contributed by atoms with Gasteiger partial charge in [-0.25, -0.2) is 4.39 Å². The van der Waals surface area contributed by atoms with Crippen LogP contribution < -0.4 is 15.6 Å². The number of nitro groups is 1. The second-order valence-electron chi connectivity index (χ2n) is 6.72. The molecular weight excluding hydrogens is 429 g/mol. The van der Waals surface area contributed by atoms with E-state index in [1.165, 1.54) is 29.9 Å². The molecule has 2 N–H and O–H groups in total. The Morgan fingerprint density at radius 3 is 2.74 bits per heavy atom. The second-order valence-corrected chi connectivity index (χ2v) is 7.16. The van der Waals surface area contributed by atoms with E-state index in [0.29, 0.717) is 23.7 Å². The maximum absolute atomic E-state index is 14.4. The number of phenols is 1. The quantitative estimate of drug-likeness (QED) is 0.310. The van der Waals surface area contributed by atoms with E-state index in [2.05, 4.69) is 5.32 Å². The Morgan fingerprint density at radius 1 is 1.23 bits per heavy atom. The van der Waals surface area contributed by atoms with Crippen LogP contribution in [0.15, 0.2) is 53.5 Å². The molecule has 0 spiro atoms. The predicted molar refractivity (Wildman–Crippen MR) is 114 cm³/mol. The van der Waals surface area contributed by atoms with Gasteiger partial charge in [-0.2, -0.15) is 0 Å². The molecular formula is C21H19ClFN3O5. The van der Waals surface area contributed by atoms with Gasteiger partial charge in [-0.1, -0.05) is 11.6 Å². The zero-order chi connectivity index (χ0) is 22.5. The summed E-state index contributed by atoms with van der Waals surface area (Å²) >= 11 is 5.92. The van der Waals surface area contributed by atoms with E-state index >= 15 is 0 Å². The van der Waals surface area contributed by atoms with Crippen molar-refractivity contribution in [3.8, 4) is 22.6 Å². The molecule has 0 aliphatic carbocycles. The molecule has 0 radical (unpaired) electrons. The minimum absolute atomic E-state index is 0.0448. The number of aryl methyl sites for hydroxylation is 1. The lowest BCUT2D eigenvalue weighted by Gasteiger charge is -2.14. The number of non-ortho nitro benzene ring substituents is 1. The summed E-state index contributed by atoms with van der Waals surface area (Å²) in [7, 11) is 1.49. The molecule has 0 amide bonds. The van der Waals surface area contributed by atoms with E-state index in [1.807, 2.05) is 0 Å². The third-order valence-corrected chi connectivity index (χ3v) is 4.77. The molecule has 162 valence electrons.